The predicted octanol–water partition coefficient (Wildman–Crippen LogP) is 2.34. The van der Waals surface area contributed by atoms with Crippen LogP contribution in [0.3, 0.4) is 0 Å². The minimum absolute atomic E-state index is 0.0374. The Hall–Kier alpha value is -2.44. The third-order valence-electron chi connectivity index (χ3n) is 2.36. The summed E-state index contributed by atoms with van der Waals surface area (Å²) in [6, 6.07) is 7.78. The molecule has 2 N–H and O–H groups in total. The van der Waals surface area contributed by atoms with Gasteiger partial charge in [0.15, 0.2) is 11.5 Å². The Balaban J connectivity index is 2.35. The number of halogens is 2. The lowest BCUT2D eigenvalue weighted by Gasteiger charge is -2.11. The van der Waals surface area contributed by atoms with Crippen molar-refractivity contribution >= 4 is 5.82 Å². The number of aromatic nitrogens is 2. The SMILES string of the molecule is COc1cc(-c2ccc(N)nn2)ccc1OC(F)F. The molecule has 0 spiro atoms. The Kier molecular flexibility index (Phi) is 3.74. The second-order valence-corrected chi connectivity index (χ2v) is 3.59. The Morgan fingerprint density at radius 3 is 2.47 bits per heavy atom. The highest BCUT2D eigenvalue weighted by atomic mass is 19.3. The van der Waals surface area contributed by atoms with Crippen LogP contribution in [0.1, 0.15) is 0 Å². The molecule has 0 aliphatic carbocycles. The number of rotatable bonds is 4. The van der Waals surface area contributed by atoms with Crippen molar-refractivity contribution in [3.05, 3.63) is 30.3 Å². The summed E-state index contributed by atoms with van der Waals surface area (Å²) >= 11 is 0. The standard InChI is InChI=1S/C12H11F2N3O2/c1-18-10-6-7(2-4-9(10)19-12(13)14)8-3-5-11(15)17-16-8/h2-6,12H,1H3,(H2,15,17). The molecule has 0 aliphatic rings. The first-order chi connectivity index (χ1) is 9.10. The van der Waals surface area contributed by atoms with E-state index in [2.05, 4.69) is 14.9 Å². The van der Waals surface area contributed by atoms with Gasteiger partial charge >= 0.3 is 6.61 Å². The minimum atomic E-state index is -2.91. The average molecular weight is 267 g/mol. The molecule has 7 heteroatoms. The molecular weight excluding hydrogens is 256 g/mol. The number of nitrogens with two attached hydrogens (primary N) is 1. The van der Waals surface area contributed by atoms with E-state index in [4.69, 9.17) is 10.5 Å². The summed E-state index contributed by atoms with van der Waals surface area (Å²) in [6.45, 7) is -2.91. The van der Waals surface area contributed by atoms with Gasteiger partial charge in [0.25, 0.3) is 0 Å². The lowest BCUT2D eigenvalue weighted by Crippen LogP contribution is -2.03. The summed E-state index contributed by atoms with van der Waals surface area (Å²) in [5.74, 6) is 0.453. The fraction of sp³-hybridized carbons (Fsp3) is 0.167. The number of hydrogen-bond donors (Lipinski definition) is 1. The molecule has 0 aliphatic heterocycles. The van der Waals surface area contributed by atoms with Crippen LogP contribution in [-0.2, 0) is 0 Å². The molecule has 0 saturated carbocycles. The topological polar surface area (TPSA) is 70.3 Å². The molecule has 2 rings (SSSR count). The van der Waals surface area contributed by atoms with Crippen molar-refractivity contribution in [3.8, 4) is 22.8 Å². The van der Waals surface area contributed by atoms with E-state index in [0.29, 0.717) is 17.1 Å². The van der Waals surface area contributed by atoms with Gasteiger partial charge in [-0.1, -0.05) is 0 Å². The fourth-order valence-electron chi connectivity index (χ4n) is 1.52. The lowest BCUT2D eigenvalue weighted by molar-refractivity contribution is -0.0512. The maximum absolute atomic E-state index is 12.2. The zero-order chi connectivity index (χ0) is 13.8. The molecule has 0 radical (unpaired) electrons. The van der Waals surface area contributed by atoms with E-state index in [-0.39, 0.29) is 11.5 Å². The van der Waals surface area contributed by atoms with Crippen molar-refractivity contribution in [3.63, 3.8) is 0 Å². The van der Waals surface area contributed by atoms with Crippen molar-refractivity contribution in [2.45, 2.75) is 6.61 Å². The zero-order valence-corrected chi connectivity index (χ0v) is 10.0. The summed E-state index contributed by atoms with van der Waals surface area (Å²) in [5.41, 5.74) is 6.65. The van der Waals surface area contributed by atoms with Crippen LogP contribution in [0.2, 0.25) is 0 Å². The van der Waals surface area contributed by atoms with E-state index in [1.54, 1.807) is 18.2 Å². The van der Waals surface area contributed by atoms with Crippen molar-refractivity contribution in [2.24, 2.45) is 0 Å². The molecule has 0 atom stereocenters. The second kappa shape index (κ2) is 5.47. The summed E-state index contributed by atoms with van der Waals surface area (Å²) in [7, 11) is 1.37. The average Bonchev–Trinajstić information content (AvgIpc) is 2.39. The van der Waals surface area contributed by atoms with Crippen LogP contribution in [0.15, 0.2) is 30.3 Å². The Morgan fingerprint density at radius 1 is 1.11 bits per heavy atom. The number of benzene rings is 1. The predicted molar refractivity (Wildman–Crippen MR) is 65.1 cm³/mol. The van der Waals surface area contributed by atoms with Crippen LogP contribution < -0.4 is 15.2 Å². The molecule has 0 saturated heterocycles. The molecule has 100 valence electrons. The number of methoxy groups -OCH3 is 1. The first-order valence-corrected chi connectivity index (χ1v) is 5.32. The number of nitrogen functional groups attached to an aromatic ring is 1. The van der Waals surface area contributed by atoms with E-state index < -0.39 is 6.61 Å². The van der Waals surface area contributed by atoms with Gasteiger partial charge in [-0.3, -0.25) is 0 Å². The monoisotopic (exact) mass is 267 g/mol. The van der Waals surface area contributed by atoms with Gasteiger partial charge < -0.3 is 15.2 Å². The van der Waals surface area contributed by atoms with Crippen LogP contribution >= 0.6 is 0 Å². The Labute approximate surface area is 108 Å². The zero-order valence-electron chi connectivity index (χ0n) is 10.0. The Bertz CT molecular complexity index is 561. The van der Waals surface area contributed by atoms with Gasteiger partial charge in [0.1, 0.15) is 5.82 Å². The smallest absolute Gasteiger partial charge is 0.387 e. The maximum Gasteiger partial charge on any atom is 0.387 e. The third-order valence-corrected chi connectivity index (χ3v) is 2.36. The molecule has 2 aromatic rings. The normalized spacial score (nSPS) is 10.5. The maximum atomic E-state index is 12.2. The molecule has 19 heavy (non-hydrogen) atoms. The molecule has 1 aromatic heterocycles. The van der Waals surface area contributed by atoms with Crippen LogP contribution in [-0.4, -0.2) is 23.9 Å². The first-order valence-electron chi connectivity index (χ1n) is 5.32. The van der Waals surface area contributed by atoms with Crippen molar-refractivity contribution in [1.82, 2.24) is 10.2 Å². The molecule has 5 nitrogen and oxygen atoms in total. The van der Waals surface area contributed by atoms with E-state index in [0.717, 1.165) is 0 Å². The summed E-state index contributed by atoms with van der Waals surface area (Å²) in [6.07, 6.45) is 0. The number of ether oxygens (including phenoxy) is 2. The highest BCUT2D eigenvalue weighted by Crippen LogP contribution is 2.32. The van der Waals surface area contributed by atoms with Crippen LogP contribution in [0.25, 0.3) is 11.3 Å². The number of hydrogen-bond acceptors (Lipinski definition) is 5. The molecule has 0 bridgehead atoms. The van der Waals surface area contributed by atoms with Crippen molar-refractivity contribution < 1.29 is 18.3 Å². The summed E-state index contributed by atoms with van der Waals surface area (Å²) < 4.78 is 33.7. The van der Waals surface area contributed by atoms with E-state index in [1.807, 2.05) is 0 Å². The quantitative estimate of drug-likeness (QED) is 0.920. The van der Waals surface area contributed by atoms with E-state index in [1.165, 1.54) is 19.2 Å². The molecule has 0 fully saturated rings. The van der Waals surface area contributed by atoms with Gasteiger partial charge in [-0.25, -0.2) is 0 Å². The fourth-order valence-corrected chi connectivity index (χ4v) is 1.52. The molecular formula is C12H11F2N3O2. The molecule has 0 unspecified atom stereocenters. The molecule has 1 heterocycles. The van der Waals surface area contributed by atoms with Gasteiger partial charge in [0, 0.05) is 5.56 Å². The van der Waals surface area contributed by atoms with E-state index in [9.17, 15) is 8.78 Å². The van der Waals surface area contributed by atoms with Gasteiger partial charge in [-0.05, 0) is 30.3 Å². The minimum Gasteiger partial charge on any atom is -0.493 e. The Morgan fingerprint density at radius 2 is 1.89 bits per heavy atom. The van der Waals surface area contributed by atoms with Gasteiger partial charge in [-0.2, -0.15) is 8.78 Å². The molecule has 1 aromatic carbocycles. The third kappa shape index (κ3) is 3.06. The lowest BCUT2D eigenvalue weighted by atomic mass is 10.1. The summed E-state index contributed by atoms with van der Waals surface area (Å²) in [5, 5.41) is 7.61. The van der Waals surface area contributed by atoms with Gasteiger partial charge in [0.2, 0.25) is 0 Å². The van der Waals surface area contributed by atoms with E-state index >= 15 is 0 Å². The van der Waals surface area contributed by atoms with Crippen LogP contribution in [0.4, 0.5) is 14.6 Å². The number of anilines is 1. The second-order valence-electron chi connectivity index (χ2n) is 3.59. The van der Waals surface area contributed by atoms with Crippen LogP contribution in [0, 0.1) is 0 Å². The molecule has 0 amide bonds. The van der Waals surface area contributed by atoms with Gasteiger partial charge in [-0.15, -0.1) is 10.2 Å². The highest BCUT2D eigenvalue weighted by molar-refractivity contribution is 5.64. The van der Waals surface area contributed by atoms with Crippen molar-refractivity contribution in [2.75, 3.05) is 12.8 Å². The van der Waals surface area contributed by atoms with Crippen molar-refractivity contribution in [1.29, 1.82) is 0 Å². The number of nitrogens with zero attached hydrogens (tertiary/aromatic N) is 2. The highest BCUT2D eigenvalue weighted by Gasteiger charge is 2.12. The number of alkyl halides is 2. The van der Waals surface area contributed by atoms with Crippen LogP contribution in [0.5, 0.6) is 11.5 Å². The van der Waals surface area contributed by atoms with Gasteiger partial charge in [0.05, 0.1) is 12.8 Å². The first kappa shape index (κ1) is 13.0. The largest absolute Gasteiger partial charge is 0.493 e. The summed E-state index contributed by atoms with van der Waals surface area (Å²) in [4.78, 5) is 0.